The lowest BCUT2D eigenvalue weighted by Crippen LogP contribution is -2.07. The Kier molecular flexibility index (Phi) is 8.69. The molecule has 0 spiro atoms. The molecule has 1 heterocycles. The zero-order valence-corrected chi connectivity index (χ0v) is 19.4. The predicted octanol–water partition coefficient (Wildman–Crippen LogP) is 6.05. The molecule has 0 bridgehead atoms. The number of benzene rings is 2. The molecule has 0 aliphatic heterocycles. The average Bonchev–Trinajstić information content (AvgIpc) is 3.27. The first-order chi connectivity index (χ1) is 15.6. The second-order valence-corrected chi connectivity index (χ2v) is 7.76. The lowest BCUT2D eigenvalue weighted by molar-refractivity contribution is -0.111. The number of carbonyl (C=O) groups is 1. The number of aromatic nitrogens is 1. The molecule has 0 aliphatic carbocycles. The Labute approximate surface area is 192 Å². The molecular formula is C25H28N2O4S. The highest BCUT2D eigenvalue weighted by Crippen LogP contribution is 2.32. The summed E-state index contributed by atoms with van der Waals surface area (Å²) in [6.07, 6.45) is 5.28. The standard InChI is InChI=1S/C25H28N2O4S/c1-4-6-15-31-22-13-11-18(16-23(22)30-5-2)12-14-24(28)27-25-26-20(17-32-25)19-9-7-8-10-21(19)29-3/h7-14,16-17H,4-6,15H2,1-3H3,(H,26,27,28)/b14-12+. The maximum absolute atomic E-state index is 12.4. The summed E-state index contributed by atoms with van der Waals surface area (Å²) in [5.41, 5.74) is 2.49. The van der Waals surface area contributed by atoms with Gasteiger partial charge in [-0.05, 0) is 49.2 Å². The largest absolute Gasteiger partial charge is 0.496 e. The summed E-state index contributed by atoms with van der Waals surface area (Å²) in [5, 5.41) is 5.23. The van der Waals surface area contributed by atoms with Gasteiger partial charge in [0.2, 0.25) is 5.91 Å². The van der Waals surface area contributed by atoms with Gasteiger partial charge in [-0.3, -0.25) is 10.1 Å². The smallest absolute Gasteiger partial charge is 0.250 e. The summed E-state index contributed by atoms with van der Waals surface area (Å²) in [4.78, 5) is 16.9. The molecule has 1 amide bonds. The third-order valence-electron chi connectivity index (χ3n) is 4.57. The van der Waals surface area contributed by atoms with Gasteiger partial charge in [0.25, 0.3) is 0 Å². The maximum atomic E-state index is 12.4. The number of rotatable bonds is 11. The highest BCUT2D eigenvalue weighted by molar-refractivity contribution is 7.14. The molecule has 2 aromatic carbocycles. The Bertz CT molecular complexity index is 1060. The van der Waals surface area contributed by atoms with Gasteiger partial charge in [0.1, 0.15) is 5.75 Å². The van der Waals surface area contributed by atoms with Gasteiger partial charge in [-0.1, -0.05) is 31.5 Å². The van der Waals surface area contributed by atoms with Crippen LogP contribution in [0.5, 0.6) is 17.2 Å². The summed E-state index contributed by atoms with van der Waals surface area (Å²) in [6, 6.07) is 13.3. The Morgan fingerprint density at radius 1 is 1.09 bits per heavy atom. The zero-order valence-electron chi connectivity index (χ0n) is 18.6. The van der Waals surface area contributed by atoms with Gasteiger partial charge in [-0.25, -0.2) is 4.98 Å². The SMILES string of the molecule is CCCCOc1ccc(/C=C/C(=O)Nc2nc(-c3ccccc3OC)cs2)cc1OCC. The third kappa shape index (κ3) is 6.34. The van der Waals surface area contributed by atoms with E-state index in [0.29, 0.717) is 29.8 Å². The van der Waals surface area contributed by atoms with Crippen molar-refractivity contribution in [2.75, 3.05) is 25.6 Å². The molecule has 1 aromatic heterocycles. The minimum atomic E-state index is -0.257. The Morgan fingerprint density at radius 2 is 1.94 bits per heavy atom. The van der Waals surface area contributed by atoms with Crippen molar-refractivity contribution in [1.82, 2.24) is 4.98 Å². The van der Waals surface area contributed by atoms with Crippen LogP contribution in [0.4, 0.5) is 5.13 Å². The second-order valence-electron chi connectivity index (χ2n) is 6.90. The van der Waals surface area contributed by atoms with Crippen molar-refractivity contribution in [2.45, 2.75) is 26.7 Å². The van der Waals surface area contributed by atoms with E-state index < -0.39 is 0 Å². The Balaban J connectivity index is 1.65. The monoisotopic (exact) mass is 452 g/mol. The quantitative estimate of drug-likeness (QED) is 0.283. The van der Waals surface area contributed by atoms with Crippen LogP contribution >= 0.6 is 11.3 Å². The van der Waals surface area contributed by atoms with E-state index in [0.717, 1.165) is 35.4 Å². The van der Waals surface area contributed by atoms with E-state index in [9.17, 15) is 4.79 Å². The number of nitrogens with one attached hydrogen (secondary N) is 1. The summed E-state index contributed by atoms with van der Waals surface area (Å²) < 4.78 is 16.9. The van der Waals surface area contributed by atoms with Gasteiger partial charge >= 0.3 is 0 Å². The number of methoxy groups -OCH3 is 1. The molecule has 168 valence electrons. The van der Waals surface area contributed by atoms with Gasteiger partial charge < -0.3 is 14.2 Å². The summed E-state index contributed by atoms with van der Waals surface area (Å²) in [7, 11) is 1.62. The summed E-state index contributed by atoms with van der Waals surface area (Å²) in [6.45, 7) is 5.24. The molecule has 0 radical (unpaired) electrons. The van der Waals surface area contributed by atoms with Crippen LogP contribution in [0.3, 0.4) is 0 Å². The molecular weight excluding hydrogens is 424 g/mol. The maximum Gasteiger partial charge on any atom is 0.250 e. The van der Waals surface area contributed by atoms with Crippen molar-refractivity contribution in [1.29, 1.82) is 0 Å². The third-order valence-corrected chi connectivity index (χ3v) is 5.33. The van der Waals surface area contributed by atoms with Crippen molar-refractivity contribution < 1.29 is 19.0 Å². The Morgan fingerprint density at radius 3 is 2.72 bits per heavy atom. The highest BCUT2D eigenvalue weighted by Gasteiger charge is 2.11. The van der Waals surface area contributed by atoms with Crippen LogP contribution in [0.15, 0.2) is 53.9 Å². The molecule has 3 aromatic rings. The minimum Gasteiger partial charge on any atom is -0.496 e. The number of nitrogens with zero attached hydrogens (tertiary/aromatic N) is 1. The van der Waals surface area contributed by atoms with Crippen LogP contribution < -0.4 is 19.5 Å². The molecule has 1 N–H and O–H groups in total. The fourth-order valence-corrected chi connectivity index (χ4v) is 3.69. The van der Waals surface area contributed by atoms with Crippen LogP contribution in [-0.4, -0.2) is 31.2 Å². The molecule has 32 heavy (non-hydrogen) atoms. The minimum absolute atomic E-state index is 0.257. The van der Waals surface area contributed by atoms with Crippen molar-refractivity contribution in [3.63, 3.8) is 0 Å². The predicted molar refractivity (Wildman–Crippen MR) is 130 cm³/mol. The molecule has 0 saturated heterocycles. The molecule has 0 aliphatic rings. The van der Waals surface area contributed by atoms with Crippen molar-refractivity contribution in [3.05, 3.63) is 59.5 Å². The lowest BCUT2D eigenvalue weighted by atomic mass is 10.1. The first-order valence-electron chi connectivity index (χ1n) is 10.6. The number of hydrogen-bond acceptors (Lipinski definition) is 6. The number of unbranched alkanes of at least 4 members (excludes halogenated alkanes) is 1. The lowest BCUT2D eigenvalue weighted by Gasteiger charge is -2.12. The molecule has 7 heteroatoms. The number of anilines is 1. The topological polar surface area (TPSA) is 69.7 Å². The van der Waals surface area contributed by atoms with Crippen LogP contribution in [0.2, 0.25) is 0 Å². The van der Waals surface area contributed by atoms with E-state index >= 15 is 0 Å². The van der Waals surface area contributed by atoms with Crippen molar-refractivity contribution in [2.24, 2.45) is 0 Å². The van der Waals surface area contributed by atoms with E-state index in [1.54, 1.807) is 13.2 Å². The molecule has 0 saturated carbocycles. The summed E-state index contributed by atoms with van der Waals surface area (Å²) in [5.74, 6) is 1.87. The fourth-order valence-electron chi connectivity index (χ4n) is 2.97. The van der Waals surface area contributed by atoms with Gasteiger partial charge in [0.15, 0.2) is 16.6 Å². The van der Waals surface area contributed by atoms with Crippen molar-refractivity contribution >= 4 is 28.5 Å². The second kappa shape index (κ2) is 11.9. The number of thiazole rings is 1. The van der Waals surface area contributed by atoms with E-state index in [1.165, 1.54) is 17.4 Å². The fraction of sp³-hybridized carbons (Fsp3) is 0.280. The number of hydrogen-bond donors (Lipinski definition) is 1. The van der Waals surface area contributed by atoms with Gasteiger partial charge in [0.05, 0.1) is 26.0 Å². The number of amides is 1. The van der Waals surface area contributed by atoms with E-state index in [-0.39, 0.29) is 5.91 Å². The first-order valence-corrected chi connectivity index (χ1v) is 11.5. The number of carbonyl (C=O) groups excluding carboxylic acids is 1. The van der Waals surface area contributed by atoms with Gasteiger partial charge in [0, 0.05) is 17.0 Å². The van der Waals surface area contributed by atoms with Crippen LogP contribution in [-0.2, 0) is 4.79 Å². The van der Waals surface area contributed by atoms with Crippen molar-refractivity contribution in [3.8, 4) is 28.5 Å². The molecule has 0 atom stereocenters. The van der Waals surface area contributed by atoms with E-state index in [1.807, 2.05) is 54.8 Å². The number of ether oxygens (including phenoxy) is 3. The average molecular weight is 453 g/mol. The van der Waals surface area contributed by atoms with Crippen LogP contribution in [0, 0.1) is 0 Å². The molecule has 0 fully saturated rings. The molecule has 6 nitrogen and oxygen atoms in total. The van der Waals surface area contributed by atoms with Gasteiger partial charge in [-0.2, -0.15) is 0 Å². The highest BCUT2D eigenvalue weighted by atomic mass is 32.1. The first kappa shape index (κ1) is 23.3. The molecule has 0 unspecified atom stereocenters. The Hall–Kier alpha value is -3.32. The molecule has 3 rings (SSSR count). The van der Waals surface area contributed by atoms with Gasteiger partial charge in [-0.15, -0.1) is 11.3 Å². The van der Waals surface area contributed by atoms with Crippen LogP contribution in [0.25, 0.3) is 17.3 Å². The summed E-state index contributed by atoms with van der Waals surface area (Å²) >= 11 is 1.36. The number of para-hydroxylation sites is 1. The van der Waals surface area contributed by atoms with E-state index in [4.69, 9.17) is 14.2 Å². The zero-order chi connectivity index (χ0) is 22.8. The normalized spacial score (nSPS) is 10.8. The van der Waals surface area contributed by atoms with Crippen LogP contribution in [0.1, 0.15) is 32.3 Å². The van der Waals surface area contributed by atoms with E-state index in [2.05, 4.69) is 17.2 Å².